The van der Waals surface area contributed by atoms with Gasteiger partial charge in [0.1, 0.15) is 5.75 Å². The second kappa shape index (κ2) is 9.93. The van der Waals surface area contributed by atoms with Crippen LogP contribution in [0.25, 0.3) is 0 Å². The number of ether oxygens (including phenoxy) is 1. The van der Waals surface area contributed by atoms with Gasteiger partial charge < -0.3 is 14.5 Å². The van der Waals surface area contributed by atoms with Crippen molar-refractivity contribution in [2.75, 3.05) is 33.3 Å². The van der Waals surface area contributed by atoms with E-state index in [9.17, 15) is 18.0 Å². The molecule has 2 amide bonds. The Labute approximate surface area is 195 Å². The first-order chi connectivity index (χ1) is 15.6. The first kappa shape index (κ1) is 24.7. The molecule has 1 aliphatic rings. The molecule has 0 saturated carbocycles. The van der Waals surface area contributed by atoms with Gasteiger partial charge in [-0.3, -0.25) is 9.59 Å². The van der Waals surface area contributed by atoms with Gasteiger partial charge in [0, 0.05) is 26.2 Å². The molecule has 8 nitrogen and oxygen atoms in total. The van der Waals surface area contributed by atoms with Crippen LogP contribution in [-0.4, -0.2) is 69.4 Å². The molecule has 0 radical (unpaired) electrons. The second-order valence-electron chi connectivity index (χ2n) is 8.63. The number of nitrogens with zero attached hydrogens (tertiary/aromatic N) is 2. The van der Waals surface area contributed by atoms with Crippen LogP contribution in [0.3, 0.4) is 0 Å². The maximum absolute atomic E-state index is 13.1. The molecule has 0 aliphatic carbocycles. The average Bonchev–Trinajstić information content (AvgIpc) is 2.83. The predicted octanol–water partition coefficient (Wildman–Crippen LogP) is 2.01. The number of rotatable bonds is 7. The van der Waals surface area contributed by atoms with Gasteiger partial charge in [0.05, 0.1) is 23.5 Å². The first-order valence-corrected chi connectivity index (χ1v) is 12.3. The van der Waals surface area contributed by atoms with Crippen molar-refractivity contribution in [3.63, 3.8) is 0 Å². The largest absolute Gasteiger partial charge is 0.497 e. The zero-order chi connectivity index (χ0) is 24.2. The minimum atomic E-state index is -3.86. The van der Waals surface area contributed by atoms with E-state index in [1.165, 1.54) is 26.2 Å². The number of carbonyl (C=O) groups is 2. The summed E-state index contributed by atoms with van der Waals surface area (Å²) in [5.74, 6) is 0.233. The summed E-state index contributed by atoms with van der Waals surface area (Å²) in [4.78, 5) is 29.4. The Balaban J connectivity index is 1.58. The summed E-state index contributed by atoms with van der Waals surface area (Å²) < 4.78 is 32.8. The highest BCUT2D eigenvalue weighted by Gasteiger charge is 2.36. The van der Waals surface area contributed by atoms with E-state index in [-0.39, 0.29) is 16.7 Å². The predicted molar refractivity (Wildman–Crippen MR) is 125 cm³/mol. The van der Waals surface area contributed by atoms with Gasteiger partial charge in [0.2, 0.25) is 21.8 Å². The average molecular weight is 474 g/mol. The van der Waals surface area contributed by atoms with Crippen molar-refractivity contribution in [2.45, 2.75) is 37.1 Å². The van der Waals surface area contributed by atoms with Crippen LogP contribution in [0.2, 0.25) is 0 Å². The van der Waals surface area contributed by atoms with Gasteiger partial charge in [-0.15, -0.1) is 0 Å². The van der Waals surface area contributed by atoms with Gasteiger partial charge in [0.15, 0.2) is 0 Å². The van der Waals surface area contributed by atoms with Gasteiger partial charge in [-0.05, 0) is 50.6 Å². The normalized spacial score (nSPS) is 15.8. The summed E-state index contributed by atoms with van der Waals surface area (Å²) in [7, 11) is -2.36. The number of sulfonamides is 1. The van der Waals surface area contributed by atoms with E-state index in [4.69, 9.17) is 4.74 Å². The van der Waals surface area contributed by atoms with Gasteiger partial charge in [-0.25, -0.2) is 8.42 Å². The van der Waals surface area contributed by atoms with Crippen molar-refractivity contribution in [3.05, 3.63) is 60.2 Å². The Morgan fingerprint density at radius 1 is 0.939 bits per heavy atom. The molecule has 9 heteroatoms. The van der Waals surface area contributed by atoms with Crippen LogP contribution in [0, 0.1) is 0 Å². The maximum Gasteiger partial charge on any atom is 0.241 e. The Kier molecular flexibility index (Phi) is 7.44. The molecular formula is C24H31N3O5S. The van der Waals surface area contributed by atoms with Crippen molar-refractivity contribution < 1.29 is 22.7 Å². The Bertz CT molecular complexity index is 1080. The van der Waals surface area contributed by atoms with Crippen LogP contribution in [0.1, 0.15) is 26.3 Å². The molecule has 1 atom stereocenters. The fourth-order valence-electron chi connectivity index (χ4n) is 3.88. The molecule has 2 aromatic carbocycles. The van der Waals surface area contributed by atoms with E-state index < -0.39 is 21.5 Å². The summed E-state index contributed by atoms with van der Waals surface area (Å²) >= 11 is 0. The van der Waals surface area contributed by atoms with Crippen LogP contribution >= 0.6 is 0 Å². The molecule has 3 rings (SSSR count). The number of hydrogen-bond acceptors (Lipinski definition) is 5. The molecule has 0 bridgehead atoms. The molecule has 1 heterocycles. The van der Waals surface area contributed by atoms with Crippen molar-refractivity contribution in [1.29, 1.82) is 0 Å². The van der Waals surface area contributed by atoms with E-state index in [1.54, 1.807) is 21.9 Å². The lowest BCUT2D eigenvalue weighted by Gasteiger charge is -2.39. The lowest BCUT2D eigenvalue weighted by molar-refractivity contribution is -0.143. The molecule has 33 heavy (non-hydrogen) atoms. The molecule has 1 aliphatic heterocycles. The van der Waals surface area contributed by atoms with Crippen LogP contribution in [0.4, 0.5) is 0 Å². The van der Waals surface area contributed by atoms with E-state index in [0.717, 1.165) is 5.56 Å². The lowest BCUT2D eigenvalue weighted by atomic mass is 9.83. The fraction of sp³-hybridized carbons (Fsp3) is 0.417. The summed E-state index contributed by atoms with van der Waals surface area (Å²) in [6.45, 7) is 6.83. The minimum Gasteiger partial charge on any atom is -0.497 e. The highest BCUT2D eigenvalue weighted by molar-refractivity contribution is 7.89. The standard InChI is InChI=1S/C24H31N3O5S/c1-18(25-33(30,31)21-12-10-20(32-4)11-13-21)22(28)26-14-16-27(17-15-26)23(29)24(2,3)19-8-6-5-7-9-19/h5-13,18,25H,14-17H2,1-4H3/t18-/m0/s1. The van der Waals surface area contributed by atoms with E-state index in [1.807, 2.05) is 44.2 Å². The fourth-order valence-corrected chi connectivity index (χ4v) is 5.08. The number of carbonyl (C=O) groups excluding carboxylic acids is 2. The summed E-state index contributed by atoms with van der Waals surface area (Å²) in [6, 6.07) is 14.6. The van der Waals surface area contributed by atoms with Gasteiger partial charge in [-0.2, -0.15) is 4.72 Å². The summed E-state index contributed by atoms with van der Waals surface area (Å²) in [5.41, 5.74) is 0.268. The third-order valence-corrected chi connectivity index (χ3v) is 7.54. The van der Waals surface area contributed by atoms with E-state index >= 15 is 0 Å². The van der Waals surface area contributed by atoms with Crippen molar-refractivity contribution in [1.82, 2.24) is 14.5 Å². The third-order valence-electron chi connectivity index (χ3n) is 5.98. The third kappa shape index (κ3) is 5.54. The Morgan fingerprint density at radius 3 is 2.03 bits per heavy atom. The number of amides is 2. The van der Waals surface area contributed by atoms with Crippen LogP contribution < -0.4 is 9.46 Å². The second-order valence-corrected chi connectivity index (χ2v) is 10.3. The molecule has 178 valence electrons. The monoisotopic (exact) mass is 473 g/mol. The first-order valence-electron chi connectivity index (χ1n) is 10.9. The van der Waals surface area contributed by atoms with E-state index in [2.05, 4.69) is 4.72 Å². The number of hydrogen-bond donors (Lipinski definition) is 1. The number of methoxy groups -OCH3 is 1. The van der Waals surface area contributed by atoms with Crippen LogP contribution in [0.5, 0.6) is 5.75 Å². The topological polar surface area (TPSA) is 96.0 Å². The smallest absolute Gasteiger partial charge is 0.241 e. The van der Waals surface area contributed by atoms with E-state index in [0.29, 0.717) is 31.9 Å². The molecular weight excluding hydrogens is 442 g/mol. The van der Waals surface area contributed by atoms with Gasteiger partial charge in [-0.1, -0.05) is 30.3 Å². The lowest BCUT2D eigenvalue weighted by Crippen LogP contribution is -2.57. The molecule has 0 unspecified atom stereocenters. The summed E-state index contributed by atoms with van der Waals surface area (Å²) in [6.07, 6.45) is 0. The highest BCUT2D eigenvalue weighted by atomic mass is 32.2. The van der Waals surface area contributed by atoms with Crippen molar-refractivity contribution in [3.8, 4) is 5.75 Å². The quantitative estimate of drug-likeness (QED) is 0.664. The van der Waals surface area contributed by atoms with Gasteiger partial charge >= 0.3 is 0 Å². The van der Waals surface area contributed by atoms with Gasteiger partial charge in [0.25, 0.3) is 0 Å². The Hall–Kier alpha value is -2.91. The molecule has 1 saturated heterocycles. The number of piperazine rings is 1. The zero-order valence-electron chi connectivity index (χ0n) is 19.4. The van der Waals surface area contributed by atoms with Crippen LogP contribution in [0.15, 0.2) is 59.5 Å². The summed E-state index contributed by atoms with van der Waals surface area (Å²) in [5, 5.41) is 0. The van der Waals surface area contributed by atoms with Crippen molar-refractivity contribution in [2.24, 2.45) is 0 Å². The SMILES string of the molecule is COc1ccc(S(=O)(=O)N[C@@H](C)C(=O)N2CCN(C(=O)C(C)(C)c3ccccc3)CC2)cc1. The molecule has 2 aromatic rings. The van der Waals surface area contributed by atoms with Crippen LogP contribution in [-0.2, 0) is 25.0 Å². The minimum absolute atomic E-state index is 0.00839. The number of nitrogens with one attached hydrogen (secondary N) is 1. The molecule has 1 N–H and O–H groups in total. The van der Waals surface area contributed by atoms with Crippen molar-refractivity contribution >= 4 is 21.8 Å². The Morgan fingerprint density at radius 2 is 1.48 bits per heavy atom. The molecule has 0 spiro atoms. The maximum atomic E-state index is 13.1. The molecule has 1 fully saturated rings. The molecule has 0 aromatic heterocycles. The zero-order valence-corrected chi connectivity index (χ0v) is 20.3. The highest BCUT2D eigenvalue weighted by Crippen LogP contribution is 2.26. The number of benzene rings is 2.